The zero-order chi connectivity index (χ0) is 20.1. The van der Waals surface area contributed by atoms with Crippen molar-refractivity contribution in [1.29, 1.82) is 0 Å². The number of imidazole rings is 1. The number of fused-ring (bicyclic) bond motifs is 1. The number of carboxylic acid groups (broad SMARTS) is 1. The summed E-state index contributed by atoms with van der Waals surface area (Å²) in [5.74, 6) is -0.139. The SMILES string of the molecule is CC(C)(CCNC(=O)CCc1nc2ccccc2n1-c1ccccc1)C(=O)O. The largest absolute Gasteiger partial charge is 0.481 e. The van der Waals surface area contributed by atoms with Crippen molar-refractivity contribution in [3.63, 3.8) is 0 Å². The molecule has 0 atom stereocenters. The van der Waals surface area contributed by atoms with Crippen LogP contribution < -0.4 is 5.32 Å². The molecule has 0 aliphatic rings. The van der Waals surface area contributed by atoms with E-state index in [9.17, 15) is 9.59 Å². The van der Waals surface area contributed by atoms with E-state index in [-0.39, 0.29) is 5.91 Å². The first kappa shape index (κ1) is 19.6. The Hall–Kier alpha value is -3.15. The van der Waals surface area contributed by atoms with E-state index >= 15 is 0 Å². The smallest absolute Gasteiger partial charge is 0.309 e. The molecular formula is C22H25N3O3. The van der Waals surface area contributed by atoms with Gasteiger partial charge < -0.3 is 10.4 Å². The summed E-state index contributed by atoms with van der Waals surface area (Å²) in [5, 5.41) is 12.0. The summed E-state index contributed by atoms with van der Waals surface area (Å²) in [7, 11) is 0. The van der Waals surface area contributed by atoms with Crippen molar-refractivity contribution < 1.29 is 14.7 Å². The van der Waals surface area contributed by atoms with Crippen LogP contribution in [0.4, 0.5) is 0 Å². The highest BCUT2D eigenvalue weighted by Crippen LogP contribution is 2.22. The third kappa shape index (κ3) is 4.39. The van der Waals surface area contributed by atoms with Crippen LogP contribution in [-0.2, 0) is 16.0 Å². The Morgan fingerprint density at radius 1 is 1.07 bits per heavy atom. The number of amides is 1. The van der Waals surface area contributed by atoms with Crippen LogP contribution in [0.15, 0.2) is 54.6 Å². The number of benzene rings is 2. The molecule has 0 radical (unpaired) electrons. The Morgan fingerprint density at radius 2 is 1.75 bits per heavy atom. The molecule has 3 rings (SSSR count). The number of aryl methyl sites for hydroxylation is 1. The number of carboxylic acids is 1. The molecule has 1 amide bonds. The third-order valence-corrected chi connectivity index (χ3v) is 4.87. The topological polar surface area (TPSA) is 84.2 Å². The number of carbonyl (C=O) groups is 2. The normalized spacial score (nSPS) is 11.5. The van der Waals surface area contributed by atoms with Crippen LogP contribution in [-0.4, -0.2) is 33.1 Å². The first-order chi connectivity index (χ1) is 13.4. The number of hydrogen-bond donors (Lipinski definition) is 2. The average molecular weight is 379 g/mol. The van der Waals surface area contributed by atoms with Crippen molar-refractivity contribution in [2.45, 2.75) is 33.1 Å². The summed E-state index contributed by atoms with van der Waals surface area (Å²) < 4.78 is 2.08. The van der Waals surface area contributed by atoms with Crippen LogP contribution in [0.3, 0.4) is 0 Å². The molecule has 2 aromatic carbocycles. The second-order valence-electron chi connectivity index (χ2n) is 7.48. The van der Waals surface area contributed by atoms with Crippen molar-refractivity contribution >= 4 is 22.9 Å². The molecule has 2 N–H and O–H groups in total. The highest BCUT2D eigenvalue weighted by atomic mass is 16.4. The van der Waals surface area contributed by atoms with Gasteiger partial charge in [-0.2, -0.15) is 0 Å². The Kier molecular flexibility index (Phi) is 5.78. The molecule has 0 fully saturated rings. The molecule has 6 nitrogen and oxygen atoms in total. The van der Waals surface area contributed by atoms with Crippen LogP contribution >= 0.6 is 0 Å². The van der Waals surface area contributed by atoms with Crippen LogP contribution in [0.25, 0.3) is 16.7 Å². The van der Waals surface area contributed by atoms with Crippen molar-refractivity contribution in [1.82, 2.24) is 14.9 Å². The monoisotopic (exact) mass is 379 g/mol. The molecule has 1 heterocycles. The molecule has 146 valence electrons. The van der Waals surface area contributed by atoms with E-state index in [0.717, 1.165) is 22.5 Å². The number of hydrogen-bond acceptors (Lipinski definition) is 3. The van der Waals surface area contributed by atoms with Gasteiger partial charge >= 0.3 is 5.97 Å². The minimum atomic E-state index is -0.863. The molecule has 1 aromatic heterocycles. The highest BCUT2D eigenvalue weighted by Gasteiger charge is 2.26. The standard InChI is InChI=1S/C22H25N3O3/c1-22(2,21(27)28)14-15-23-20(26)13-12-19-24-17-10-6-7-11-18(17)25(19)16-8-4-3-5-9-16/h3-11H,12-15H2,1-2H3,(H,23,26)(H,27,28). The lowest BCUT2D eigenvalue weighted by molar-refractivity contribution is -0.147. The molecule has 0 spiro atoms. The predicted molar refractivity (Wildman–Crippen MR) is 108 cm³/mol. The van der Waals surface area contributed by atoms with Gasteiger partial charge in [-0.15, -0.1) is 0 Å². The van der Waals surface area contributed by atoms with Crippen molar-refractivity contribution in [3.8, 4) is 5.69 Å². The highest BCUT2D eigenvalue weighted by molar-refractivity contribution is 5.79. The van der Waals surface area contributed by atoms with E-state index in [1.165, 1.54) is 0 Å². The molecule has 0 bridgehead atoms. The van der Waals surface area contributed by atoms with Crippen LogP contribution in [0.1, 0.15) is 32.5 Å². The van der Waals surface area contributed by atoms with Gasteiger partial charge in [0.25, 0.3) is 0 Å². The quantitative estimate of drug-likeness (QED) is 0.627. The second kappa shape index (κ2) is 8.25. The third-order valence-electron chi connectivity index (χ3n) is 4.87. The number of aromatic nitrogens is 2. The number of nitrogens with zero attached hydrogens (tertiary/aromatic N) is 2. The lowest BCUT2D eigenvalue weighted by Crippen LogP contribution is -2.32. The van der Waals surface area contributed by atoms with Gasteiger partial charge in [0, 0.05) is 25.1 Å². The molecule has 0 saturated heterocycles. The average Bonchev–Trinajstić information content (AvgIpc) is 3.05. The zero-order valence-electron chi connectivity index (χ0n) is 16.2. The number of para-hydroxylation sites is 3. The van der Waals surface area contributed by atoms with Crippen LogP contribution in [0.5, 0.6) is 0 Å². The lowest BCUT2D eigenvalue weighted by atomic mass is 9.90. The van der Waals surface area contributed by atoms with Crippen molar-refractivity contribution in [3.05, 3.63) is 60.4 Å². The van der Waals surface area contributed by atoms with Gasteiger partial charge in [0.1, 0.15) is 5.82 Å². The fourth-order valence-electron chi connectivity index (χ4n) is 3.04. The molecule has 0 aliphatic carbocycles. The fraction of sp³-hybridized carbons (Fsp3) is 0.318. The van der Waals surface area contributed by atoms with Gasteiger partial charge in [0.15, 0.2) is 0 Å². The van der Waals surface area contributed by atoms with Gasteiger partial charge in [-0.1, -0.05) is 30.3 Å². The van der Waals surface area contributed by atoms with Gasteiger partial charge in [0.2, 0.25) is 5.91 Å². The molecule has 0 saturated carbocycles. The van der Waals surface area contributed by atoms with E-state index < -0.39 is 11.4 Å². The Bertz CT molecular complexity index is 977. The molecule has 28 heavy (non-hydrogen) atoms. The van der Waals surface area contributed by atoms with Gasteiger partial charge in [-0.05, 0) is 44.5 Å². The van der Waals surface area contributed by atoms with Crippen LogP contribution in [0, 0.1) is 5.41 Å². The van der Waals surface area contributed by atoms with E-state index in [1.54, 1.807) is 13.8 Å². The van der Waals surface area contributed by atoms with E-state index in [2.05, 4.69) is 9.88 Å². The summed E-state index contributed by atoms with van der Waals surface area (Å²) in [5.41, 5.74) is 2.06. The zero-order valence-corrected chi connectivity index (χ0v) is 16.2. The molecule has 6 heteroatoms. The first-order valence-electron chi connectivity index (χ1n) is 9.40. The summed E-state index contributed by atoms with van der Waals surface area (Å²) in [6, 6.07) is 17.9. The summed E-state index contributed by atoms with van der Waals surface area (Å²) in [6.07, 6.45) is 1.18. The second-order valence-corrected chi connectivity index (χ2v) is 7.48. The minimum Gasteiger partial charge on any atom is -0.481 e. The van der Waals surface area contributed by atoms with Gasteiger partial charge in [-0.25, -0.2) is 4.98 Å². The van der Waals surface area contributed by atoms with Gasteiger partial charge in [-0.3, -0.25) is 14.2 Å². The molecular weight excluding hydrogens is 354 g/mol. The molecule has 0 aliphatic heterocycles. The summed E-state index contributed by atoms with van der Waals surface area (Å²) >= 11 is 0. The number of nitrogens with one attached hydrogen (secondary N) is 1. The maximum atomic E-state index is 12.2. The predicted octanol–water partition coefficient (Wildman–Crippen LogP) is 3.58. The summed E-state index contributed by atoms with van der Waals surface area (Å²) in [6.45, 7) is 3.65. The Morgan fingerprint density at radius 3 is 2.46 bits per heavy atom. The fourth-order valence-corrected chi connectivity index (χ4v) is 3.04. The van der Waals surface area contributed by atoms with Crippen molar-refractivity contribution in [2.75, 3.05) is 6.54 Å². The molecule has 0 unspecified atom stereocenters. The Balaban J connectivity index is 1.69. The summed E-state index contributed by atoms with van der Waals surface area (Å²) in [4.78, 5) is 28.1. The maximum absolute atomic E-state index is 12.2. The van der Waals surface area contributed by atoms with Crippen molar-refractivity contribution in [2.24, 2.45) is 5.41 Å². The number of aliphatic carboxylic acids is 1. The van der Waals surface area contributed by atoms with E-state index in [0.29, 0.717) is 25.8 Å². The van der Waals surface area contributed by atoms with E-state index in [4.69, 9.17) is 10.1 Å². The van der Waals surface area contributed by atoms with Gasteiger partial charge in [0.05, 0.1) is 16.4 Å². The van der Waals surface area contributed by atoms with Crippen LogP contribution in [0.2, 0.25) is 0 Å². The first-order valence-corrected chi connectivity index (χ1v) is 9.40. The maximum Gasteiger partial charge on any atom is 0.309 e. The number of carbonyl (C=O) groups excluding carboxylic acids is 1. The Labute approximate surface area is 164 Å². The number of rotatable bonds is 8. The minimum absolute atomic E-state index is 0.104. The van der Waals surface area contributed by atoms with E-state index in [1.807, 2.05) is 54.6 Å². The lowest BCUT2D eigenvalue weighted by Gasteiger charge is -2.18. The molecule has 3 aromatic rings.